The molecule has 0 aliphatic carbocycles. The molecule has 5 rings (SSSR count). The van der Waals surface area contributed by atoms with E-state index in [0.717, 1.165) is 29.2 Å². The van der Waals surface area contributed by atoms with Gasteiger partial charge in [0.2, 0.25) is 5.91 Å². The second-order valence-corrected chi connectivity index (χ2v) is 8.14. The van der Waals surface area contributed by atoms with Crippen LogP contribution in [-0.2, 0) is 16.8 Å². The number of fused-ring (bicyclic) bond motifs is 4. The summed E-state index contributed by atoms with van der Waals surface area (Å²) in [5.41, 5.74) is 2.64. The number of likely N-dealkylation sites (tertiary alicyclic amines) is 1. The molecule has 1 spiro atoms. The first-order valence-corrected chi connectivity index (χ1v) is 10.4. The number of hydrogen-bond donors (Lipinski definition) is 0. The molecular weight excluding hydrogens is 375 g/mol. The first-order chi connectivity index (χ1) is 13.7. The standard InChI is InChI=1S/C21H21FN4OS/c22-7-11-26-17-3-1-8-23-20(17)25-9-2-4-18(25)21(26)6-10-24(15-21)19(27)13-16-5-12-28-14-16/h1-5,8-9,12,14H,6-7,10-11,13,15H2/t21-/m0/s1. The van der Waals surface area contributed by atoms with Gasteiger partial charge in [-0.25, -0.2) is 9.37 Å². The van der Waals surface area contributed by atoms with Gasteiger partial charge in [0.1, 0.15) is 12.2 Å². The summed E-state index contributed by atoms with van der Waals surface area (Å²) in [5.74, 6) is 0.954. The first-order valence-electron chi connectivity index (χ1n) is 9.49. The van der Waals surface area contributed by atoms with E-state index in [1.165, 1.54) is 0 Å². The molecule has 3 aromatic heterocycles. The summed E-state index contributed by atoms with van der Waals surface area (Å²) in [6.45, 7) is 1.08. The molecular formula is C21H21FN4OS. The Kier molecular flexibility index (Phi) is 4.19. The van der Waals surface area contributed by atoms with Gasteiger partial charge in [0.05, 0.1) is 17.8 Å². The van der Waals surface area contributed by atoms with Crippen molar-refractivity contribution in [3.05, 3.63) is 64.7 Å². The second kappa shape index (κ2) is 6.74. The monoisotopic (exact) mass is 396 g/mol. The minimum Gasteiger partial charge on any atom is -0.353 e. The maximum absolute atomic E-state index is 13.6. The Morgan fingerprint density at radius 2 is 2.21 bits per heavy atom. The Morgan fingerprint density at radius 3 is 3.04 bits per heavy atom. The summed E-state index contributed by atoms with van der Waals surface area (Å²) in [6, 6.07) is 9.97. The van der Waals surface area contributed by atoms with Gasteiger partial charge in [-0.15, -0.1) is 0 Å². The Hall–Kier alpha value is -2.67. The number of pyridine rings is 1. The highest BCUT2D eigenvalue weighted by atomic mass is 32.1. The molecule has 5 heterocycles. The summed E-state index contributed by atoms with van der Waals surface area (Å²) in [4.78, 5) is 21.5. The molecule has 0 bridgehead atoms. The van der Waals surface area contributed by atoms with E-state index in [9.17, 15) is 9.18 Å². The number of aromatic nitrogens is 2. The van der Waals surface area contributed by atoms with Gasteiger partial charge in [0.15, 0.2) is 5.82 Å². The van der Waals surface area contributed by atoms with Crippen molar-refractivity contribution in [1.82, 2.24) is 14.5 Å². The average Bonchev–Trinajstić information content (AvgIpc) is 3.46. The second-order valence-electron chi connectivity index (χ2n) is 7.36. The molecule has 1 fully saturated rings. The van der Waals surface area contributed by atoms with Crippen LogP contribution in [0.3, 0.4) is 0 Å². The molecule has 28 heavy (non-hydrogen) atoms. The van der Waals surface area contributed by atoms with Gasteiger partial charge in [-0.1, -0.05) is 0 Å². The van der Waals surface area contributed by atoms with Crippen LogP contribution in [0, 0.1) is 0 Å². The van der Waals surface area contributed by atoms with E-state index in [-0.39, 0.29) is 12.5 Å². The SMILES string of the molecule is O=C(Cc1ccsc1)N1CC[C@]2(C1)c1cccn1-c1ncccc1N2CCF. The maximum Gasteiger partial charge on any atom is 0.227 e. The molecule has 144 valence electrons. The molecule has 5 nitrogen and oxygen atoms in total. The van der Waals surface area contributed by atoms with Gasteiger partial charge in [-0.2, -0.15) is 11.3 Å². The number of thiophene rings is 1. The third-order valence-corrected chi connectivity index (χ3v) is 6.60. The van der Waals surface area contributed by atoms with Crippen LogP contribution in [0.4, 0.5) is 10.1 Å². The molecule has 1 saturated heterocycles. The topological polar surface area (TPSA) is 41.4 Å². The number of carbonyl (C=O) groups excluding carboxylic acids is 1. The highest BCUT2D eigenvalue weighted by molar-refractivity contribution is 7.08. The van der Waals surface area contributed by atoms with Gasteiger partial charge >= 0.3 is 0 Å². The van der Waals surface area contributed by atoms with Crippen LogP contribution in [0.25, 0.3) is 5.82 Å². The summed E-state index contributed by atoms with van der Waals surface area (Å²) >= 11 is 1.61. The lowest BCUT2D eigenvalue weighted by Gasteiger charge is -2.46. The Bertz CT molecular complexity index is 1000. The third-order valence-electron chi connectivity index (χ3n) is 5.87. The zero-order valence-corrected chi connectivity index (χ0v) is 16.2. The van der Waals surface area contributed by atoms with Crippen molar-refractivity contribution in [2.75, 3.05) is 31.2 Å². The summed E-state index contributed by atoms with van der Waals surface area (Å²) in [5, 5.41) is 4.02. The number of nitrogens with zero attached hydrogens (tertiary/aromatic N) is 4. The predicted octanol–water partition coefficient (Wildman–Crippen LogP) is 3.39. The summed E-state index contributed by atoms with van der Waals surface area (Å²) in [6.07, 6.45) is 4.97. The van der Waals surface area contributed by atoms with E-state index >= 15 is 0 Å². The van der Waals surface area contributed by atoms with Gasteiger partial charge in [-0.05, 0) is 53.1 Å². The molecule has 0 saturated carbocycles. The van der Waals surface area contributed by atoms with E-state index in [2.05, 4.69) is 20.5 Å². The van der Waals surface area contributed by atoms with Gasteiger partial charge in [0.25, 0.3) is 0 Å². The summed E-state index contributed by atoms with van der Waals surface area (Å²) < 4.78 is 15.7. The van der Waals surface area contributed by atoms with Crippen LogP contribution < -0.4 is 4.90 Å². The smallest absolute Gasteiger partial charge is 0.227 e. The van der Waals surface area contributed by atoms with Crippen molar-refractivity contribution in [2.45, 2.75) is 18.4 Å². The van der Waals surface area contributed by atoms with Crippen LogP contribution in [0.1, 0.15) is 17.7 Å². The number of amides is 1. The van der Waals surface area contributed by atoms with Crippen molar-refractivity contribution in [3.8, 4) is 5.82 Å². The van der Waals surface area contributed by atoms with Crippen LogP contribution in [0.2, 0.25) is 0 Å². The Labute approximate surface area is 167 Å². The van der Waals surface area contributed by atoms with Crippen molar-refractivity contribution >= 4 is 22.9 Å². The number of rotatable bonds is 4. The zero-order valence-electron chi connectivity index (χ0n) is 15.4. The summed E-state index contributed by atoms with van der Waals surface area (Å²) in [7, 11) is 0. The fourth-order valence-electron chi connectivity index (χ4n) is 4.63. The lowest BCUT2D eigenvalue weighted by molar-refractivity contribution is -0.129. The molecule has 0 radical (unpaired) electrons. The molecule has 1 amide bonds. The molecule has 0 aromatic carbocycles. The molecule has 1 atom stereocenters. The molecule has 3 aromatic rings. The number of carbonyl (C=O) groups is 1. The van der Waals surface area contributed by atoms with Gasteiger partial charge in [-0.3, -0.25) is 4.79 Å². The Balaban J connectivity index is 1.52. The maximum atomic E-state index is 13.6. The van der Waals surface area contributed by atoms with Crippen molar-refractivity contribution in [1.29, 1.82) is 0 Å². The fraction of sp³-hybridized carbons (Fsp3) is 0.333. The predicted molar refractivity (Wildman–Crippen MR) is 108 cm³/mol. The first kappa shape index (κ1) is 17.4. The Morgan fingerprint density at radius 1 is 1.29 bits per heavy atom. The third kappa shape index (κ3) is 2.57. The number of hydrogen-bond acceptors (Lipinski definition) is 4. The lowest BCUT2D eigenvalue weighted by Crippen LogP contribution is -2.53. The van der Waals surface area contributed by atoms with E-state index < -0.39 is 12.2 Å². The van der Waals surface area contributed by atoms with Crippen molar-refractivity contribution in [2.24, 2.45) is 0 Å². The number of alkyl halides is 1. The van der Waals surface area contributed by atoms with Crippen molar-refractivity contribution in [3.63, 3.8) is 0 Å². The van der Waals surface area contributed by atoms with Crippen LogP contribution in [0.15, 0.2) is 53.5 Å². The van der Waals surface area contributed by atoms with E-state index in [1.54, 1.807) is 17.5 Å². The van der Waals surface area contributed by atoms with Crippen LogP contribution >= 0.6 is 11.3 Å². The molecule has 0 unspecified atom stereocenters. The van der Waals surface area contributed by atoms with Gasteiger partial charge < -0.3 is 14.4 Å². The molecule has 0 N–H and O–H groups in total. The molecule has 2 aliphatic heterocycles. The quantitative estimate of drug-likeness (QED) is 0.679. The van der Waals surface area contributed by atoms with Crippen molar-refractivity contribution < 1.29 is 9.18 Å². The van der Waals surface area contributed by atoms with E-state index in [0.29, 0.717) is 19.5 Å². The minimum absolute atomic E-state index is 0.130. The highest BCUT2D eigenvalue weighted by Crippen LogP contribution is 2.46. The number of anilines is 1. The van der Waals surface area contributed by atoms with Crippen LogP contribution in [0.5, 0.6) is 0 Å². The van der Waals surface area contributed by atoms with Crippen LogP contribution in [-0.4, -0.2) is 46.7 Å². The normalized spacial score (nSPS) is 20.5. The minimum atomic E-state index is -0.445. The van der Waals surface area contributed by atoms with E-state index in [4.69, 9.17) is 0 Å². The molecule has 2 aliphatic rings. The zero-order chi connectivity index (χ0) is 19.1. The highest BCUT2D eigenvalue weighted by Gasteiger charge is 2.50. The van der Waals surface area contributed by atoms with E-state index in [1.807, 2.05) is 46.1 Å². The molecule has 7 heteroatoms. The number of halogens is 1. The largest absolute Gasteiger partial charge is 0.353 e. The average molecular weight is 396 g/mol. The fourth-order valence-corrected chi connectivity index (χ4v) is 5.30. The lowest BCUT2D eigenvalue weighted by atomic mass is 9.89. The van der Waals surface area contributed by atoms with Gasteiger partial charge in [0, 0.05) is 32.0 Å².